The number of carbonyl (C=O) groups is 1. The molecule has 7 heteroatoms. The molecule has 25 heavy (non-hydrogen) atoms. The van der Waals surface area contributed by atoms with Gasteiger partial charge in [0.1, 0.15) is 12.1 Å². The van der Waals surface area contributed by atoms with Crippen LogP contribution >= 0.6 is 11.3 Å². The molecular formula is C18H18N2O4S. The summed E-state index contributed by atoms with van der Waals surface area (Å²) in [5.74, 6) is -0.722. The number of amides is 1. The van der Waals surface area contributed by atoms with Gasteiger partial charge in [-0.25, -0.2) is 4.79 Å². The van der Waals surface area contributed by atoms with Gasteiger partial charge in [-0.3, -0.25) is 9.36 Å². The number of nitrogens with one attached hydrogen (secondary N) is 1. The molecule has 0 aliphatic heterocycles. The lowest BCUT2D eigenvalue weighted by atomic mass is 9.95. The Bertz CT molecular complexity index is 955. The summed E-state index contributed by atoms with van der Waals surface area (Å²) in [6, 6.07) is 10.8. The topological polar surface area (TPSA) is 84.5 Å². The molecule has 0 radical (unpaired) electrons. The normalized spacial score (nSPS) is 16.7. The van der Waals surface area contributed by atoms with Crippen molar-refractivity contribution in [3.05, 3.63) is 57.2 Å². The molecule has 0 bridgehead atoms. The van der Waals surface area contributed by atoms with Gasteiger partial charge in [0.05, 0.1) is 12.1 Å². The maximum atomic E-state index is 12.3. The van der Waals surface area contributed by atoms with Gasteiger partial charge in [-0.05, 0) is 42.3 Å². The Labute approximate surface area is 147 Å². The molecule has 2 N–H and O–H groups in total. The maximum absolute atomic E-state index is 12.3. The number of benzene rings is 1. The first-order valence-corrected chi connectivity index (χ1v) is 9.07. The van der Waals surface area contributed by atoms with E-state index in [2.05, 4.69) is 5.32 Å². The number of fused-ring (bicyclic) bond motifs is 1. The van der Waals surface area contributed by atoms with Crippen LogP contribution in [0.1, 0.15) is 17.7 Å². The van der Waals surface area contributed by atoms with E-state index in [1.807, 2.05) is 17.5 Å². The SMILES string of the molecule is O=C(Cn1c(=O)oc2ccccc21)NC[C@@](O)(c1cccs1)C1CC1. The lowest BCUT2D eigenvalue weighted by Crippen LogP contribution is -2.43. The highest BCUT2D eigenvalue weighted by Crippen LogP contribution is 2.46. The fraction of sp³-hybridized carbons (Fsp3) is 0.333. The third-order valence-corrected chi connectivity index (χ3v) is 5.67. The number of oxazole rings is 1. The number of hydrogen-bond acceptors (Lipinski definition) is 5. The number of para-hydroxylation sites is 2. The first-order valence-electron chi connectivity index (χ1n) is 8.19. The summed E-state index contributed by atoms with van der Waals surface area (Å²) in [7, 11) is 0. The first kappa shape index (κ1) is 16.1. The van der Waals surface area contributed by atoms with E-state index in [1.165, 1.54) is 15.9 Å². The van der Waals surface area contributed by atoms with Crippen LogP contribution in [0.5, 0.6) is 0 Å². The van der Waals surface area contributed by atoms with Crippen LogP contribution in [0.4, 0.5) is 0 Å². The Morgan fingerprint density at radius 2 is 2.12 bits per heavy atom. The molecule has 0 unspecified atom stereocenters. The molecular weight excluding hydrogens is 340 g/mol. The van der Waals surface area contributed by atoms with Crippen molar-refractivity contribution in [1.82, 2.24) is 9.88 Å². The number of nitrogens with zero attached hydrogens (tertiary/aromatic N) is 1. The van der Waals surface area contributed by atoms with E-state index in [9.17, 15) is 14.7 Å². The molecule has 2 aromatic heterocycles. The van der Waals surface area contributed by atoms with Crippen molar-refractivity contribution < 1.29 is 14.3 Å². The van der Waals surface area contributed by atoms with Crippen LogP contribution in [0.2, 0.25) is 0 Å². The van der Waals surface area contributed by atoms with Gasteiger partial charge >= 0.3 is 5.76 Å². The van der Waals surface area contributed by atoms with Gasteiger partial charge < -0.3 is 14.8 Å². The zero-order chi connectivity index (χ0) is 17.4. The Morgan fingerprint density at radius 3 is 2.84 bits per heavy atom. The van der Waals surface area contributed by atoms with Crippen molar-refractivity contribution in [2.75, 3.05) is 6.54 Å². The van der Waals surface area contributed by atoms with Gasteiger partial charge in [0.2, 0.25) is 5.91 Å². The average Bonchev–Trinajstić information content (AvgIpc) is 3.23. The minimum atomic E-state index is -1.03. The van der Waals surface area contributed by atoms with Crippen LogP contribution in [0.25, 0.3) is 11.1 Å². The van der Waals surface area contributed by atoms with Crippen molar-refractivity contribution in [1.29, 1.82) is 0 Å². The Balaban J connectivity index is 1.49. The predicted octanol–water partition coefficient (Wildman–Crippen LogP) is 2.07. The Kier molecular flexibility index (Phi) is 3.97. The second-order valence-corrected chi connectivity index (χ2v) is 7.32. The molecule has 1 aromatic carbocycles. The molecule has 1 aliphatic carbocycles. The minimum Gasteiger partial charge on any atom is -0.408 e. The standard InChI is InChI=1S/C18H18N2O4S/c21-16(10-20-13-4-1-2-5-14(13)24-17(20)22)19-11-18(23,12-7-8-12)15-6-3-9-25-15/h1-6,9,12,23H,7-8,10-11H2,(H,19,21)/t18-/m0/s1. The van der Waals surface area contributed by atoms with E-state index < -0.39 is 11.4 Å². The molecule has 0 spiro atoms. The zero-order valence-electron chi connectivity index (χ0n) is 13.5. The maximum Gasteiger partial charge on any atom is 0.420 e. The third kappa shape index (κ3) is 3.01. The monoisotopic (exact) mass is 358 g/mol. The zero-order valence-corrected chi connectivity index (χ0v) is 14.3. The second kappa shape index (κ2) is 6.16. The second-order valence-electron chi connectivity index (χ2n) is 6.37. The van der Waals surface area contributed by atoms with Crippen LogP contribution < -0.4 is 11.1 Å². The lowest BCUT2D eigenvalue weighted by Gasteiger charge is -2.27. The predicted molar refractivity (Wildman–Crippen MR) is 94.4 cm³/mol. The smallest absolute Gasteiger partial charge is 0.408 e. The molecule has 1 fully saturated rings. The van der Waals surface area contributed by atoms with E-state index in [4.69, 9.17) is 4.42 Å². The lowest BCUT2D eigenvalue weighted by molar-refractivity contribution is -0.123. The molecule has 130 valence electrons. The fourth-order valence-corrected chi connectivity index (χ4v) is 4.02. The number of carbonyl (C=O) groups excluding carboxylic acids is 1. The molecule has 1 aliphatic rings. The van der Waals surface area contributed by atoms with Gasteiger partial charge in [0.15, 0.2) is 5.58 Å². The summed E-state index contributed by atoms with van der Waals surface area (Å²) >= 11 is 1.49. The number of aromatic nitrogens is 1. The summed E-state index contributed by atoms with van der Waals surface area (Å²) in [5.41, 5.74) is -0.000461. The number of aliphatic hydroxyl groups is 1. The molecule has 3 aromatic rings. The van der Waals surface area contributed by atoms with Gasteiger partial charge in [0, 0.05) is 4.88 Å². The van der Waals surface area contributed by atoms with Gasteiger partial charge in [-0.15, -0.1) is 11.3 Å². The Hall–Kier alpha value is -2.38. The molecule has 4 rings (SSSR count). The van der Waals surface area contributed by atoms with E-state index >= 15 is 0 Å². The van der Waals surface area contributed by atoms with Crippen LogP contribution in [-0.2, 0) is 16.9 Å². The van der Waals surface area contributed by atoms with Crippen LogP contribution in [-0.4, -0.2) is 22.1 Å². The quantitative estimate of drug-likeness (QED) is 0.706. The molecule has 2 heterocycles. The van der Waals surface area contributed by atoms with Crippen LogP contribution in [0.3, 0.4) is 0 Å². The van der Waals surface area contributed by atoms with Crippen LogP contribution in [0, 0.1) is 5.92 Å². The highest BCUT2D eigenvalue weighted by atomic mass is 32.1. The van der Waals surface area contributed by atoms with E-state index in [1.54, 1.807) is 24.3 Å². The molecule has 6 nitrogen and oxygen atoms in total. The largest absolute Gasteiger partial charge is 0.420 e. The van der Waals surface area contributed by atoms with Crippen molar-refractivity contribution >= 4 is 28.3 Å². The van der Waals surface area contributed by atoms with Gasteiger partial charge in [0.25, 0.3) is 0 Å². The Morgan fingerprint density at radius 1 is 1.32 bits per heavy atom. The molecule has 1 amide bonds. The fourth-order valence-electron chi connectivity index (χ4n) is 3.11. The molecule has 0 saturated heterocycles. The van der Waals surface area contributed by atoms with Gasteiger partial charge in [-0.1, -0.05) is 18.2 Å². The first-order chi connectivity index (χ1) is 12.1. The average molecular weight is 358 g/mol. The summed E-state index contributed by atoms with van der Waals surface area (Å²) in [4.78, 5) is 25.2. The van der Waals surface area contributed by atoms with Crippen molar-refractivity contribution in [2.45, 2.75) is 25.0 Å². The number of rotatable bonds is 6. The summed E-state index contributed by atoms with van der Waals surface area (Å²) in [5, 5.41) is 15.7. The van der Waals surface area contributed by atoms with Gasteiger partial charge in [-0.2, -0.15) is 0 Å². The van der Waals surface area contributed by atoms with E-state index in [0.29, 0.717) is 11.1 Å². The highest BCUT2D eigenvalue weighted by molar-refractivity contribution is 7.10. The van der Waals surface area contributed by atoms with Crippen molar-refractivity contribution in [3.63, 3.8) is 0 Å². The summed E-state index contributed by atoms with van der Waals surface area (Å²) in [6.07, 6.45) is 1.91. The highest BCUT2D eigenvalue weighted by Gasteiger charge is 2.45. The minimum absolute atomic E-state index is 0.138. The van der Waals surface area contributed by atoms with E-state index in [0.717, 1.165) is 17.7 Å². The van der Waals surface area contributed by atoms with Crippen molar-refractivity contribution in [2.24, 2.45) is 5.92 Å². The number of thiophene rings is 1. The molecule has 1 saturated carbocycles. The summed E-state index contributed by atoms with van der Waals surface area (Å²) in [6.45, 7) is 0.00256. The third-order valence-electron chi connectivity index (χ3n) is 4.63. The molecule has 1 atom stereocenters. The van der Waals surface area contributed by atoms with Crippen molar-refractivity contribution in [3.8, 4) is 0 Å². The number of hydrogen-bond donors (Lipinski definition) is 2. The van der Waals surface area contributed by atoms with Crippen LogP contribution in [0.15, 0.2) is 51.0 Å². The van der Waals surface area contributed by atoms with E-state index in [-0.39, 0.29) is 24.9 Å². The summed E-state index contributed by atoms with van der Waals surface area (Å²) < 4.78 is 6.43.